The minimum atomic E-state index is -1.71. The summed E-state index contributed by atoms with van der Waals surface area (Å²) >= 11 is 0. The minimum absolute atomic E-state index is 0.0375. The Morgan fingerprint density at radius 1 is 1.08 bits per heavy atom. The van der Waals surface area contributed by atoms with Crippen LogP contribution in [0.5, 0.6) is 0 Å². The maximum Gasteiger partial charge on any atom is 0.347 e. The highest BCUT2D eigenvalue weighted by Gasteiger charge is 2.28. The third kappa shape index (κ3) is 8.30. The zero-order valence-electron chi connectivity index (χ0n) is 14.9. The Hall–Kier alpha value is -2.41. The first-order valence-corrected chi connectivity index (χ1v) is 7.89. The van der Waals surface area contributed by atoms with Crippen LogP contribution in [0.25, 0.3) is 0 Å². The topological polar surface area (TPSA) is 99.1 Å². The molecule has 0 bridgehead atoms. The number of esters is 3. The number of carbonyl (C=O) groups is 3. The fraction of sp³-hybridized carbons (Fsp3) is 0.500. The number of hydrogen-bond donors (Lipinski definition) is 1. The van der Waals surface area contributed by atoms with Gasteiger partial charge in [-0.1, -0.05) is 30.3 Å². The number of aliphatic hydroxyl groups excluding tert-OH is 1. The Kier molecular flexibility index (Phi) is 7.57. The molecule has 1 aromatic carbocycles. The summed E-state index contributed by atoms with van der Waals surface area (Å²) in [5.74, 6) is -2.58. The van der Waals surface area contributed by atoms with Crippen LogP contribution in [0.3, 0.4) is 0 Å². The van der Waals surface area contributed by atoms with Gasteiger partial charge < -0.3 is 19.3 Å². The molecule has 7 heteroatoms. The molecule has 1 rings (SSSR count). The Morgan fingerprint density at radius 2 is 1.68 bits per heavy atom. The van der Waals surface area contributed by atoms with Crippen LogP contribution >= 0.6 is 0 Å². The van der Waals surface area contributed by atoms with Gasteiger partial charge in [-0.15, -0.1) is 0 Å². The lowest BCUT2D eigenvalue weighted by Crippen LogP contribution is -2.36. The van der Waals surface area contributed by atoms with Gasteiger partial charge in [0.15, 0.2) is 12.2 Å². The fourth-order valence-corrected chi connectivity index (χ4v) is 1.72. The fourth-order valence-electron chi connectivity index (χ4n) is 1.72. The first-order valence-electron chi connectivity index (χ1n) is 7.89. The molecule has 0 unspecified atom stereocenters. The minimum Gasteiger partial charge on any atom is -0.461 e. The second kappa shape index (κ2) is 9.17. The summed E-state index contributed by atoms with van der Waals surface area (Å²) in [7, 11) is 0. The Bertz CT molecular complexity index is 589. The van der Waals surface area contributed by atoms with Gasteiger partial charge in [0.25, 0.3) is 0 Å². The van der Waals surface area contributed by atoms with E-state index in [9.17, 15) is 19.5 Å². The van der Waals surface area contributed by atoms with Crippen molar-refractivity contribution in [3.63, 3.8) is 0 Å². The molecule has 0 radical (unpaired) electrons. The second-order valence-electron chi connectivity index (χ2n) is 6.48. The van der Waals surface area contributed by atoms with Gasteiger partial charge in [-0.25, -0.2) is 9.59 Å². The molecule has 0 fully saturated rings. The lowest BCUT2D eigenvalue weighted by Gasteiger charge is -2.22. The molecule has 0 heterocycles. The summed E-state index contributed by atoms with van der Waals surface area (Å²) in [5.41, 5.74) is 0.0592. The summed E-state index contributed by atoms with van der Waals surface area (Å²) < 4.78 is 14.8. The highest BCUT2D eigenvalue weighted by Crippen LogP contribution is 2.11. The van der Waals surface area contributed by atoms with E-state index in [2.05, 4.69) is 0 Å². The molecule has 0 amide bonds. The number of ether oxygens (including phenoxy) is 3. The zero-order valence-corrected chi connectivity index (χ0v) is 14.9. The van der Waals surface area contributed by atoms with Gasteiger partial charge in [0.05, 0.1) is 6.42 Å². The number of aliphatic hydroxyl groups is 1. The first-order chi connectivity index (χ1) is 11.6. The molecule has 138 valence electrons. The van der Waals surface area contributed by atoms with Gasteiger partial charge in [-0.3, -0.25) is 4.79 Å². The van der Waals surface area contributed by atoms with Crippen molar-refractivity contribution in [2.24, 2.45) is 0 Å². The Labute approximate surface area is 146 Å². The molecule has 0 aliphatic carbocycles. The third-order valence-corrected chi connectivity index (χ3v) is 2.91. The zero-order chi connectivity index (χ0) is 19.0. The molecule has 0 aliphatic rings. The van der Waals surface area contributed by atoms with Crippen molar-refractivity contribution in [1.29, 1.82) is 0 Å². The highest BCUT2D eigenvalue weighted by molar-refractivity contribution is 5.84. The van der Waals surface area contributed by atoms with Crippen LogP contribution in [0.2, 0.25) is 0 Å². The molecule has 1 N–H and O–H groups in total. The van der Waals surface area contributed by atoms with E-state index in [0.717, 1.165) is 5.56 Å². The van der Waals surface area contributed by atoms with Crippen molar-refractivity contribution < 1.29 is 33.7 Å². The number of hydrogen-bond acceptors (Lipinski definition) is 7. The quantitative estimate of drug-likeness (QED) is 0.589. The lowest BCUT2D eigenvalue weighted by atomic mass is 10.2. The second-order valence-corrected chi connectivity index (χ2v) is 6.48. The van der Waals surface area contributed by atoms with E-state index in [-0.39, 0.29) is 6.61 Å². The van der Waals surface area contributed by atoms with Crippen molar-refractivity contribution in [3.05, 3.63) is 35.9 Å². The smallest absolute Gasteiger partial charge is 0.347 e. The number of benzene rings is 1. The van der Waals surface area contributed by atoms with Crippen molar-refractivity contribution in [1.82, 2.24) is 0 Å². The van der Waals surface area contributed by atoms with Crippen molar-refractivity contribution >= 4 is 17.9 Å². The first kappa shape index (κ1) is 20.6. The van der Waals surface area contributed by atoms with Crippen LogP contribution in [0.1, 0.15) is 39.7 Å². The molecule has 25 heavy (non-hydrogen) atoms. The van der Waals surface area contributed by atoms with Crippen LogP contribution in [0.4, 0.5) is 0 Å². The molecular weight excluding hydrogens is 328 g/mol. The number of rotatable bonds is 7. The van der Waals surface area contributed by atoms with Crippen LogP contribution < -0.4 is 0 Å². The van der Waals surface area contributed by atoms with Crippen LogP contribution in [0, 0.1) is 0 Å². The molecule has 0 aliphatic heterocycles. The normalized spacial score (nSPS) is 13.5. The average molecular weight is 352 g/mol. The van der Waals surface area contributed by atoms with E-state index >= 15 is 0 Å². The maximum atomic E-state index is 11.7. The van der Waals surface area contributed by atoms with E-state index in [0.29, 0.717) is 0 Å². The largest absolute Gasteiger partial charge is 0.461 e. The molecular formula is C18H24O7. The highest BCUT2D eigenvalue weighted by atomic mass is 16.6. The van der Waals surface area contributed by atoms with Crippen molar-refractivity contribution in [2.75, 3.05) is 0 Å². The van der Waals surface area contributed by atoms with Gasteiger partial charge >= 0.3 is 17.9 Å². The number of carbonyl (C=O) groups excluding carboxylic acids is 3. The maximum absolute atomic E-state index is 11.7. The SMILES string of the molecule is C[C@H](OC(=O)[C@@H](O)CC(=O)OCc1ccccc1)C(=O)OC(C)(C)C. The van der Waals surface area contributed by atoms with Gasteiger partial charge in [0, 0.05) is 0 Å². The van der Waals surface area contributed by atoms with E-state index < -0.39 is 42.1 Å². The predicted molar refractivity (Wildman–Crippen MR) is 88.3 cm³/mol. The van der Waals surface area contributed by atoms with Crippen LogP contribution in [0.15, 0.2) is 30.3 Å². The average Bonchev–Trinajstić information content (AvgIpc) is 2.52. The summed E-state index contributed by atoms with van der Waals surface area (Å²) in [6.45, 7) is 6.40. The molecule has 1 aromatic rings. The predicted octanol–water partition coefficient (Wildman–Crippen LogP) is 1.75. The summed E-state index contributed by atoms with van der Waals surface area (Å²) in [6.07, 6.45) is -3.47. The molecule has 0 saturated heterocycles. The molecule has 2 atom stereocenters. The standard InChI is InChI=1S/C18H24O7/c1-12(16(21)25-18(2,3)4)24-17(22)14(19)10-15(20)23-11-13-8-6-5-7-9-13/h5-9,12,14,19H,10-11H2,1-4H3/t12-,14-/m0/s1. The summed E-state index contributed by atoms with van der Waals surface area (Å²) in [4.78, 5) is 35.1. The van der Waals surface area contributed by atoms with Gasteiger partial charge in [0.1, 0.15) is 12.2 Å². The van der Waals surface area contributed by atoms with E-state index in [4.69, 9.17) is 14.2 Å². The lowest BCUT2D eigenvalue weighted by molar-refractivity contribution is -0.179. The summed E-state index contributed by atoms with van der Waals surface area (Å²) in [6, 6.07) is 8.98. The van der Waals surface area contributed by atoms with Crippen LogP contribution in [-0.4, -0.2) is 40.8 Å². The third-order valence-electron chi connectivity index (χ3n) is 2.91. The summed E-state index contributed by atoms with van der Waals surface area (Å²) in [5, 5.41) is 9.72. The van der Waals surface area contributed by atoms with Crippen molar-refractivity contribution in [3.8, 4) is 0 Å². The van der Waals surface area contributed by atoms with E-state index in [1.165, 1.54) is 6.92 Å². The monoisotopic (exact) mass is 352 g/mol. The molecule has 7 nitrogen and oxygen atoms in total. The van der Waals surface area contributed by atoms with E-state index in [1.54, 1.807) is 45.0 Å². The van der Waals surface area contributed by atoms with Crippen LogP contribution in [-0.2, 0) is 35.2 Å². The Balaban J connectivity index is 2.40. The molecule has 0 aromatic heterocycles. The van der Waals surface area contributed by atoms with E-state index in [1.807, 2.05) is 6.07 Å². The van der Waals surface area contributed by atoms with Gasteiger partial charge in [0.2, 0.25) is 0 Å². The molecule has 0 spiro atoms. The molecule has 0 saturated carbocycles. The van der Waals surface area contributed by atoms with Gasteiger partial charge in [-0.2, -0.15) is 0 Å². The van der Waals surface area contributed by atoms with Gasteiger partial charge in [-0.05, 0) is 33.3 Å². The van der Waals surface area contributed by atoms with Crippen molar-refractivity contribution in [2.45, 2.75) is 58.5 Å². The Morgan fingerprint density at radius 3 is 2.24 bits per heavy atom.